The lowest BCUT2D eigenvalue weighted by Gasteiger charge is -2.04. The highest BCUT2D eigenvalue weighted by molar-refractivity contribution is 5.83. The van der Waals surface area contributed by atoms with Crippen molar-refractivity contribution in [3.63, 3.8) is 0 Å². The molecule has 2 nitrogen and oxygen atoms in total. The van der Waals surface area contributed by atoms with Crippen molar-refractivity contribution in [2.45, 2.75) is 0 Å². The number of methoxy groups -OCH3 is 2. The minimum absolute atomic E-state index is 0.738. The Morgan fingerprint density at radius 2 is 1.27 bits per heavy atom. The highest BCUT2D eigenvalue weighted by atomic mass is 16.5. The van der Waals surface area contributed by atoms with E-state index in [1.165, 1.54) is 10.8 Å². The van der Waals surface area contributed by atoms with E-state index >= 15 is 0 Å². The number of hydrogen-bond donors (Lipinski definition) is 0. The van der Waals surface area contributed by atoms with E-state index in [1.54, 1.807) is 14.2 Å². The molecule has 0 spiro atoms. The van der Waals surface area contributed by atoms with Gasteiger partial charge in [-0.2, -0.15) is 0 Å². The summed E-state index contributed by atoms with van der Waals surface area (Å²) in [7, 11) is 3.27. The third-order valence-corrected chi connectivity index (χ3v) is 3.45. The molecule has 0 fully saturated rings. The molecule has 0 N–H and O–H groups in total. The summed E-state index contributed by atoms with van der Waals surface area (Å²) in [6, 6.07) is 20.1. The second-order valence-electron chi connectivity index (χ2n) is 4.91. The molecule has 2 heteroatoms. The lowest BCUT2D eigenvalue weighted by molar-refractivity contribution is 0.394. The zero-order valence-corrected chi connectivity index (χ0v) is 12.6. The third-order valence-electron chi connectivity index (χ3n) is 3.45. The zero-order chi connectivity index (χ0) is 15.4. The topological polar surface area (TPSA) is 18.5 Å². The molecule has 0 aliphatic carbocycles. The summed E-state index contributed by atoms with van der Waals surface area (Å²) in [5, 5.41) is 2.41. The molecule has 0 heterocycles. The van der Waals surface area contributed by atoms with Crippen LogP contribution in [-0.4, -0.2) is 14.2 Å². The Kier molecular flexibility index (Phi) is 3.98. The molecule has 108 valence electrons. The van der Waals surface area contributed by atoms with Gasteiger partial charge in [-0.3, -0.25) is 0 Å². The van der Waals surface area contributed by atoms with Crippen molar-refractivity contribution in [3.05, 3.63) is 71.8 Å². The van der Waals surface area contributed by atoms with Gasteiger partial charge in [0.1, 0.15) is 11.5 Å². The Hall–Kier alpha value is -2.92. The van der Waals surface area contributed by atoms with Gasteiger partial charge in [0.25, 0.3) is 0 Å². The molecule has 3 aromatic rings. The first-order valence-corrected chi connectivity index (χ1v) is 7.02. The average Bonchev–Trinajstić information content (AvgIpc) is 2.59. The van der Waals surface area contributed by atoms with Crippen LogP contribution < -0.4 is 9.47 Å². The molecular formula is C20H16O2. The molecule has 0 atom stereocenters. The van der Waals surface area contributed by atoms with E-state index in [1.807, 2.05) is 36.4 Å². The van der Waals surface area contributed by atoms with Gasteiger partial charge >= 0.3 is 0 Å². The highest BCUT2D eigenvalue weighted by Gasteiger charge is 1.99. The standard InChI is InChI=1S/C20H16O2/c1-21-19-12-16(13-20(14-19)22-2)8-7-15-9-10-17-5-3-4-6-18(17)11-15/h3-6,9-14H,1-2H3. The van der Waals surface area contributed by atoms with Crippen molar-refractivity contribution in [1.82, 2.24) is 0 Å². The van der Waals surface area contributed by atoms with Gasteiger partial charge in [-0.1, -0.05) is 42.2 Å². The predicted molar refractivity (Wildman–Crippen MR) is 89.5 cm³/mol. The predicted octanol–water partition coefficient (Wildman–Crippen LogP) is 4.26. The van der Waals surface area contributed by atoms with Crippen LogP contribution in [0.4, 0.5) is 0 Å². The largest absolute Gasteiger partial charge is 0.497 e. The van der Waals surface area contributed by atoms with Gasteiger partial charge in [-0.15, -0.1) is 0 Å². The van der Waals surface area contributed by atoms with E-state index in [0.717, 1.165) is 22.6 Å². The van der Waals surface area contributed by atoms with E-state index in [-0.39, 0.29) is 0 Å². The second kappa shape index (κ2) is 6.24. The van der Waals surface area contributed by atoms with E-state index in [2.05, 4.69) is 36.1 Å². The summed E-state index contributed by atoms with van der Waals surface area (Å²) in [6.45, 7) is 0. The van der Waals surface area contributed by atoms with Crippen LogP contribution in [0.5, 0.6) is 11.5 Å². The molecule has 0 bridgehead atoms. The number of fused-ring (bicyclic) bond motifs is 1. The monoisotopic (exact) mass is 288 g/mol. The Bertz CT molecular complexity index is 847. The summed E-state index contributed by atoms with van der Waals surface area (Å²) in [4.78, 5) is 0. The quantitative estimate of drug-likeness (QED) is 0.656. The normalized spacial score (nSPS) is 9.91. The number of hydrogen-bond acceptors (Lipinski definition) is 2. The van der Waals surface area contributed by atoms with Crippen molar-refractivity contribution in [2.75, 3.05) is 14.2 Å². The molecular weight excluding hydrogens is 272 g/mol. The Balaban J connectivity index is 1.96. The minimum atomic E-state index is 0.738. The average molecular weight is 288 g/mol. The SMILES string of the molecule is COc1cc(C#Cc2ccc3ccccc3c2)cc(OC)c1. The van der Waals surface area contributed by atoms with Gasteiger partial charge in [0, 0.05) is 17.2 Å². The Morgan fingerprint density at radius 3 is 1.95 bits per heavy atom. The molecule has 0 amide bonds. The van der Waals surface area contributed by atoms with Crippen molar-refractivity contribution in [2.24, 2.45) is 0 Å². The highest BCUT2D eigenvalue weighted by Crippen LogP contribution is 2.22. The van der Waals surface area contributed by atoms with Crippen molar-refractivity contribution >= 4 is 10.8 Å². The molecule has 0 saturated carbocycles. The van der Waals surface area contributed by atoms with Gasteiger partial charge in [0.15, 0.2) is 0 Å². The molecule has 22 heavy (non-hydrogen) atoms. The van der Waals surface area contributed by atoms with Crippen LogP contribution >= 0.6 is 0 Å². The molecule has 0 aromatic heterocycles. The van der Waals surface area contributed by atoms with Crippen LogP contribution in [0.3, 0.4) is 0 Å². The lowest BCUT2D eigenvalue weighted by Crippen LogP contribution is -1.88. The van der Waals surface area contributed by atoms with Crippen LogP contribution in [0.2, 0.25) is 0 Å². The van der Waals surface area contributed by atoms with Gasteiger partial charge in [0.05, 0.1) is 14.2 Å². The summed E-state index contributed by atoms with van der Waals surface area (Å²) in [6.07, 6.45) is 0. The van der Waals surface area contributed by atoms with Crippen LogP contribution in [0.25, 0.3) is 10.8 Å². The van der Waals surface area contributed by atoms with E-state index in [0.29, 0.717) is 0 Å². The minimum Gasteiger partial charge on any atom is -0.497 e. The van der Waals surface area contributed by atoms with E-state index in [9.17, 15) is 0 Å². The molecule has 0 unspecified atom stereocenters. The fourth-order valence-corrected chi connectivity index (χ4v) is 2.29. The molecule has 0 saturated heterocycles. The van der Waals surface area contributed by atoms with Crippen molar-refractivity contribution in [3.8, 4) is 23.3 Å². The maximum absolute atomic E-state index is 5.26. The van der Waals surface area contributed by atoms with Crippen molar-refractivity contribution in [1.29, 1.82) is 0 Å². The number of ether oxygens (including phenoxy) is 2. The molecule has 0 aliphatic rings. The van der Waals surface area contributed by atoms with Crippen molar-refractivity contribution < 1.29 is 9.47 Å². The van der Waals surface area contributed by atoms with Gasteiger partial charge < -0.3 is 9.47 Å². The first kappa shape index (κ1) is 14.0. The van der Waals surface area contributed by atoms with Gasteiger partial charge in [0.2, 0.25) is 0 Å². The lowest BCUT2D eigenvalue weighted by atomic mass is 10.1. The Labute approximate surface area is 130 Å². The first-order chi connectivity index (χ1) is 10.8. The summed E-state index contributed by atoms with van der Waals surface area (Å²) in [5.41, 5.74) is 1.85. The van der Waals surface area contributed by atoms with Crippen LogP contribution in [0.15, 0.2) is 60.7 Å². The van der Waals surface area contributed by atoms with E-state index in [4.69, 9.17) is 9.47 Å². The summed E-state index contributed by atoms with van der Waals surface area (Å²) in [5.74, 6) is 7.84. The van der Waals surface area contributed by atoms with Crippen LogP contribution in [0.1, 0.15) is 11.1 Å². The third kappa shape index (κ3) is 3.05. The second-order valence-corrected chi connectivity index (χ2v) is 4.91. The van der Waals surface area contributed by atoms with Gasteiger partial charge in [-0.05, 0) is 35.0 Å². The molecule has 0 radical (unpaired) electrons. The maximum Gasteiger partial charge on any atom is 0.123 e. The first-order valence-electron chi connectivity index (χ1n) is 7.02. The smallest absolute Gasteiger partial charge is 0.123 e. The van der Waals surface area contributed by atoms with Crippen LogP contribution in [-0.2, 0) is 0 Å². The Morgan fingerprint density at radius 1 is 0.636 bits per heavy atom. The molecule has 3 aromatic carbocycles. The zero-order valence-electron chi connectivity index (χ0n) is 12.6. The van der Waals surface area contributed by atoms with E-state index < -0.39 is 0 Å². The summed E-state index contributed by atoms with van der Waals surface area (Å²) < 4.78 is 10.5. The molecule has 0 aliphatic heterocycles. The van der Waals surface area contributed by atoms with Crippen LogP contribution in [0, 0.1) is 11.8 Å². The van der Waals surface area contributed by atoms with Gasteiger partial charge in [-0.25, -0.2) is 0 Å². The maximum atomic E-state index is 5.26. The fourth-order valence-electron chi connectivity index (χ4n) is 2.29. The summed E-state index contributed by atoms with van der Waals surface area (Å²) >= 11 is 0. The number of rotatable bonds is 2. The fraction of sp³-hybridized carbons (Fsp3) is 0.100. The molecule has 3 rings (SSSR count). The number of benzene rings is 3.